The Morgan fingerprint density at radius 1 is 1.55 bits per heavy atom. The molecular formula is C12H19N5O3. The molecule has 0 saturated heterocycles. The van der Waals surface area contributed by atoms with Crippen molar-refractivity contribution in [3.8, 4) is 0 Å². The molecule has 3 N–H and O–H groups in total. The SMILES string of the molecule is CCOC(=O)c1nnn(C(C)C(=O)NC2CC2)c1CN. The Balaban J connectivity index is 2.18. The summed E-state index contributed by atoms with van der Waals surface area (Å²) in [5.74, 6) is -0.725. The largest absolute Gasteiger partial charge is 0.461 e. The normalized spacial score (nSPS) is 15.8. The van der Waals surface area contributed by atoms with Crippen LogP contribution in [0.25, 0.3) is 0 Å². The number of carbonyl (C=O) groups excluding carboxylic acids is 2. The van der Waals surface area contributed by atoms with E-state index in [2.05, 4.69) is 15.6 Å². The summed E-state index contributed by atoms with van der Waals surface area (Å²) in [5, 5.41) is 10.5. The second-order valence-electron chi connectivity index (χ2n) is 4.71. The van der Waals surface area contributed by atoms with Gasteiger partial charge in [0.15, 0.2) is 5.69 Å². The maximum absolute atomic E-state index is 12.0. The van der Waals surface area contributed by atoms with Gasteiger partial charge in [-0.05, 0) is 26.7 Å². The lowest BCUT2D eigenvalue weighted by atomic mass is 10.2. The molecule has 1 atom stereocenters. The molecule has 0 spiro atoms. The number of esters is 1. The topological polar surface area (TPSA) is 112 Å². The van der Waals surface area contributed by atoms with Gasteiger partial charge in [-0.2, -0.15) is 0 Å². The summed E-state index contributed by atoms with van der Waals surface area (Å²) in [4.78, 5) is 23.7. The molecule has 0 radical (unpaired) electrons. The molecule has 0 aliphatic heterocycles. The highest BCUT2D eigenvalue weighted by molar-refractivity contribution is 5.88. The minimum absolute atomic E-state index is 0.0577. The van der Waals surface area contributed by atoms with Gasteiger partial charge in [-0.3, -0.25) is 4.79 Å². The van der Waals surface area contributed by atoms with Crippen molar-refractivity contribution in [3.63, 3.8) is 0 Å². The van der Waals surface area contributed by atoms with E-state index in [-0.39, 0.29) is 30.8 Å². The van der Waals surface area contributed by atoms with Gasteiger partial charge in [0.25, 0.3) is 0 Å². The number of aromatic nitrogens is 3. The number of nitrogens with one attached hydrogen (secondary N) is 1. The first-order chi connectivity index (χ1) is 9.58. The molecule has 1 fully saturated rings. The third-order valence-corrected chi connectivity index (χ3v) is 3.12. The molecule has 1 aromatic rings. The van der Waals surface area contributed by atoms with Gasteiger partial charge >= 0.3 is 5.97 Å². The van der Waals surface area contributed by atoms with E-state index in [0.717, 1.165) is 12.8 Å². The molecule has 1 amide bonds. The second-order valence-corrected chi connectivity index (χ2v) is 4.71. The van der Waals surface area contributed by atoms with E-state index in [0.29, 0.717) is 5.69 Å². The fourth-order valence-electron chi connectivity index (χ4n) is 1.83. The Kier molecular flexibility index (Phi) is 4.33. The Bertz CT molecular complexity index is 509. The first kappa shape index (κ1) is 14.4. The highest BCUT2D eigenvalue weighted by Gasteiger charge is 2.29. The molecule has 2 rings (SSSR count). The first-order valence-electron chi connectivity index (χ1n) is 6.70. The lowest BCUT2D eigenvalue weighted by Crippen LogP contribution is -2.34. The van der Waals surface area contributed by atoms with Crippen LogP contribution in [0, 0.1) is 0 Å². The quantitative estimate of drug-likeness (QED) is 0.695. The zero-order chi connectivity index (χ0) is 14.7. The van der Waals surface area contributed by atoms with Crippen LogP contribution in [0.5, 0.6) is 0 Å². The van der Waals surface area contributed by atoms with Crippen LogP contribution in [0.4, 0.5) is 0 Å². The minimum atomic E-state index is -0.575. The summed E-state index contributed by atoms with van der Waals surface area (Å²) in [6.07, 6.45) is 2.02. The van der Waals surface area contributed by atoms with Crippen molar-refractivity contribution in [3.05, 3.63) is 11.4 Å². The number of ether oxygens (including phenoxy) is 1. The van der Waals surface area contributed by atoms with Crippen LogP contribution in [-0.4, -0.2) is 39.5 Å². The second kappa shape index (κ2) is 6.00. The molecule has 1 aliphatic rings. The predicted molar refractivity (Wildman–Crippen MR) is 69.7 cm³/mol. The third kappa shape index (κ3) is 2.96. The van der Waals surface area contributed by atoms with E-state index in [1.807, 2.05) is 0 Å². The van der Waals surface area contributed by atoms with E-state index in [1.165, 1.54) is 4.68 Å². The Morgan fingerprint density at radius 3 is 2.80 bits per heavy atom. The average Bonchev–Trinajstić information content (AvgIpc) is 3.13. The van der Waals surface area contributed by atoms with E-state index < -0.39 is 12.0 Å². The summed E-state index contributed by atoms with van der Waals surface area (Å²) in [6, 6.07) is -0.302. The van der Waals surface area contributed by atoms with Crippen LogP contribution in [0.15, 0.2) is 0 Å². The Labute approximate surface area is 116 Å². The fourth-order valence-corrected chi connectivity index (χ4v) is 1.83. The van der Waals surface area contributed by atoms with Crippen LogP contribution in [0.1, 0.15) is 48.9 Å². The summed E-state index contributed by atoms with van der Waals surface area (Å²) >= 11 is 0. The van der Waals surface area contributed by atoms with Gasteiger partial charge in [0, 0.05) is 12.6 Å². The molecular weight excluding hydrogens is 262 g/mol. The molecule has 110 valence electrons. The molecule has 8 nitrogen and oxygen atoms in total. The first-order valence-corrected chi connectivity index (χ1v) is 6.70. The third-order valence-electron chi connectivity index (χ3n) is 3.12. The van der Waals surface area contributed by atoms with Crippen molar-refractivity contribution < 1.29 is 14.3 Å². The minimum Gasteiger partial charge on any atom is -0.461 e. The van der Waals surface area contributed by atoms with Crippen molar-refractivity contribution in [2.24, 2.45) is 5.73 Å². The number of rotatable bonds is 6. The van der Waals surface area contributed by atoms with Crippen molar-refractivity contribution in [2.45, 2.75) is 45.3 Å². The average molecular weight is 281 g/mol. The molecule has 1 aliphatic carbocycles. The monoisotopic (exact) mass is 281 g/mol. The van der Waals surface area contributed by atoms with Crippen molar-refractivity contribution >= 4 is 11.9 Å². The summed E-state index contributed by atoms with van der Waals surface area (Å²) < 4.78 is 6.27. The Morgan fingerprint density at radius 2 is 2.25 bits per heavy atom. The predicted octanol–water partition coefficient (Wildman–Crippen LogP) is -0.247. The number of amides is 1. The van der Waals surface area contributed by atoms with Crippen LogP contribution in [-0.2, 0) is 16.1 Å². The van der Waals surface area contributed by atoms with E-state index in [4.69, 9.17) is 10.5 Å². The molecule has 1 aromatic heterocycles. The van der Waals surface area contributed by atoms with Gasteiger partial charge in [-0.15, -0.1) is 5.10 Å². The van der Waals surface area contributed by atoms with Crippen LogP contribution in [0.2, 0.25) is 0 Å². The summed E-state index contributed by atoms with van der Waals surface area (Å²) in [5.41, 5.74) is 6.12. The molecule has 8 heteroatoms. The van der Waals surface area contributed by atoms with Gasteiger partial charge in [0.05, 0.1) is 12.3 Å². The highest BCUT2D eigenvalue weighted by Crippen LogP contribution is 2.20. The van der Waals surface area contributed by atoms with Gasteiger partial charge in [0.2, 0.25) is 5.91 Å². The lowest BCUT2D eigenvalue weighted by molar-refractivity contribution is -0.124. The molecule has 0 bridgehead atoms. The van der Waals surface area contributed by atoms with Crippen molar-refractivity contribution in [1.29, 1.82) is 0 Å². The van der Waals surface area contributed by atoms with Gasteiger partial charge in [-0.1, -0.05) is 5.21 Å². The zero-order valence-corrected chi connectivity index (χ0v) is 11.6. The lowest BCUT2D eigenvalue weighted by Gasteiger charge is -2.14. The molecule has 1 saturated carbocycles. The van der Waals surface area contributed by atoms with E-state index in [9.17, 15) is 9.59 Å². The maximum Gasteiger partial charge on any atom is 0.360 e. The van der Waals surface area contributed by atoms with Gasteiger partial charge < -0.3 is 15.8 Å². The van der Waals surface area contributed by atoms with Crippen LogP contribution in [0.3, 0.4) is 0 Å². The number of hydrogen-bond acceptors (Lipinski definition) is 6. The maximum atomic E-state index is 12.0. The standard InChI is InChI=1S/C12H19N5O3/c1-3-20-12(19)10-9(6-13)17(16-15-10)7(2)11(18)14-8-4-5-8/h7-8H,3-6,13H2,1-2H3,(H,14,18). The molecule has 20 heavy (non-hydrogen) atoms. The smallest absolute Gasteiger partial charge is 0.360 e. The summed E-state index contributed by atoms with van der Waals surface area (Å²) in [6.45, 7) is 3.70. The van der Waals surface area contributed by atoms with Gasteiger partial charge in [-0.25, -0.2) is 9.48 Å². The zero-order valence-electron chi connectivity index (χ0n) is 11.6. The number of hydrogen-bond donors (Lipinski definition) is 2. The number of carbonyl (C=O) groups is 2. The molecule has 0 aromatic carbocycles. The van der Waals surface area contributed by atoms with Crippen LogP contribution < -0.4 is 11.1 Å². The van der Waals surface area contributed by atoms with E-state index in [1.54, 1.807) is 13.8 Å². The number of nitrogens with zero attached hydrogens (tertiary/aromatic N) is 3. The Hall–Kier alpha value is -1.96. The molecule has 1 unspecified atom stereocenters. The van der Waals surface area contributed by atoms with E-state index >= 15 is 0 Å². The van der Waals surface area contributed by atoms with Crippen LogP contribution >= 0.6 is 0 Å². The highest BCUT2D eigenvalue weighted by atomic mass is 16.5. The summed E-state index contributed by atoms with van der Waals surface area (Å²) in [7, 11) is 0. The number of nitrogens with two attached hydrogens (primary N) is 1. The van der Waals surface area contributed by atoms with Gasteiger partial charge in [0.1, 0.15) is 6.04 Å². The van der Waals surface area contributed by atoms with Crippen molar-refractivity contribution in [1.82, 2.24) is 20.3 Å². The van der Waals surface area contributed by atoms with Crippen molar-refractivity contribution in [2.75, 3.05) is 6.61 Å². The molecule has 1 heterocycles. The fraction of sp³-hybridized carbons (Fsp3) is 0.667.